The van der Waals surface area contributed by atoms with E-state index in [-0.39, 0.29) is 44.0 Å². The Morgan fingerprint density at radius 1 is 0.267 bits per heavy atom. The van der Waals surface area contributed by atoms with E-state index >= 15 is 0 Å². The lowest BCUT2D eigenvalue weighted by Crippen LogP contribution is -2.30. The summed E-state index contributed by atoms with van der Waals surface area (Å²) in [4.78, 5) is 38.3. The summed E-state index contributed by atoms with van der Waals surface area (Å²) in [6, 6.07) is 0. The van der Waals surface area contributed by atoms with Gasteiger partial charge in [0.25, 0.3) is 0 Å². The van der Waals surface area contributed by atoms with Gasteiger partial charge in [0.2, 0.25) is 0 Å². The molecule has 0 saturated carbocycles. The molecular weight excluding hydrogens is 925 g/mol. The normalized spacial score (nSPS) is 12.7. The molecule has 0 spiro atoms. The van der Waals surface area contributed by atoms with E-state index in [9.17, 15) is 14.4 Å². The lowest BCUT2D eigenvalue weighted by atomic mass is 10.0. The molecule has 0 heterocycles. The molecule has 0 fully saturated rings. The Kier molecular flexibility index (Phi) is 59.8. The zero-order chi connectivity index (χ0) is 54.3. The number of allylic oxidation sites excluding steroid dienone is 16. The summed E-state index contributed by atoms with van der Waals surface area (Å²) in [6.07, 6.45) is 84.1. The van der Waals surface area contributed by atoms with Crippen molar-refractivity contribution in [2.24, 2.45) is 0 Å². The summed E-state index contributed by atoms with van der Waals surface area (Å²) >= 11 is 0. The van der Waals surface area contributed by atoms with Crippen molar-refractivity contribution in [3.8, 4) is 0 Å². The SMILES string of the molecule is CCCCC/C=C\C/C=C\C/C=C\C/C=C\CCCCCC(=O)O[C@@H](COC(=O)CCC/C=C\C/C=C\C/C=C\CCCCCCCC)COC(=O)CCCCCCCCCCCCC/C=C\CCCCCCCC. The van der Waals surface area contributed by atoms with Gasteiger partial charge in [0, 0.05) is 19.3 Å². The zero-order valence-corrected chi connectivity index (χ0v) is 49.3. The molecule has 0 radical (unpaired) electrons. The minimum Gasteiger partial charge on any atom is -0.462 e. The predicted octanol–water partition coefficient (Wildman–Crippen LogP) is 21.7. The van der Waals surface area contributed by atoms with Gasteiger partial charge in [-0.15, -0.1) is 0 Å². The fourth-order valence-corrected chi connectivity index (χ4v) is 8.73. The first kappa shape index (κ1) is 71.3. The third-order valence-electron chi connectivity index (χ3n) is 13.5. The topological polar surface area (TPSA) is 78.9 Å². The molecular formula is C69H118O6. The zero-order valence-electron chi connectivity index (χ0n) is 49.3. The van der Waals surface area contributed by atoms with Crippen molar-refractivity contribution in [2.75, 3.05) is 13.2 Å². The van der Waals surface area contributed by atoms with Crippen LogP contribution in [-0.4, -0.2) is 37.2 Å². The second kappa shape index (κ2) is 62.9. The van der Waals surface area contributed by atoms with Crippen molar-refractivity contribution in [1.29, 1.82) is 0 Å². The molecule has 0 aromatic rings. The number of ether oxygens (including phenoxy) is 3. The summed E-state index contributed by atoms with van der Waals surface area (Å²) < 4.78 is 16.9. The molecule has 430 valence electrons. The van der Waals surface area contributed by atoms with Crippen LogP contribution in [0.4, 0.5) is 0 Å². The molecule has 6 nitrogen and oxygen atoms in total. The van der Waals surface area contributed by atoms with Gasteiger partial charge in [0.05, 0.1) is 0 Å². The van der Waals surface area contributed by atoms with Gasteiger partial charge in [-0.1, -0.05) is 259 Å². The predicted molar refractivity (Wildman–Crippen MR) is 325 cm³/mol. The van der Waals surface area contributed by atoms with Crippen LogP contribution >= 0.6 is 0 Å². The maximum atomic E-state index is 12.9. The number of rotatable bonds is 57. The highest BCUT2D eigenvalue weighted by molar-refractivity contribution is 5.71. The van der Waals surface area contributed by atoms with Crippen LogP contribution in [0.25, 0.3) is 0 Å². The largest absolute Gasteiger partial charge is 0.462 e. The maximum Gasteiger partial charge on any atom is 0.306 e. The molecule has 0 aliphatic rings. The van der Waals surface area contributed by atoms with Crippen LogP contribution in [0.3, 0.4) is 0 Å². The van der Waals surface area contributed by atoms with E-state index in [1.165, 1.54) is 173 Å². The molecule has 0 aromatic heterocycles. The molecule has 1 atom stereocenters. The van der Waals surface area contributed by atoms with Crippen molar-refractivity contribution in [2.45, 2.75) is 309 Å². The Hall–Kier alpha value is -3.67. The third kappa shape index (κ3) is 61.1. The Balaban J connectivity index is 4.49. The first-order valence-corrected chi connectivity index (χ1v) is 31.7. The van der Waals surface area contributed by atoms with Crippen LogP contribution in [0.5, 0.6) is 0 Å². The van der Waals surface area contributed by atoms with Crippen molar-refractivity contribution >= 4 is 17.9 Å². The number of esters is 3. The lowest BCUT2D eigenvalue weighted by molar-refractivity contribution is -0.167. The van der Waals surface area contributed by atoms with Crippen molar-refractivity contribution in [3.63, 3.8) is 0 Å². The second-order valence-electron chi connectivity index (χ2n) is 21.0. The van der Waals surface area contributed by atoms with Gasteiger partial charge in [-0.3, -0.25) is 14.4 Å². The number of carbonyl (C=O) groups is 3. The molecule has 0 amide bonds. The Labute approximate surface area is 464 Å². The summed E-state index contributed by atoms with van der Waals surface area (Å²) in [5, 5.41) is 0. The first-order valence-electron chi connectivity index (χ1n) is 31.7. The van der Waals surface area contributed by atoms with Crippen LogP contribution < -0.4 is 0 Å². The van der Waals surface area contributed by atoms with Gasteiger partial charge in [0.15, 0.2) is 6.10 Å². The lowest BCUT2D eigenvalue weighted by Gasteiger charge is -2.18. The van der Waals surface area contributed by atoms with E-state index in [0.29, 0.717) is 12.8 Å². The van der Waals surface area contributed by atoms with Gasteiger partial charge in [0.1, 0.15) is 13.2 Å². The number of hydrogen-bond donors (Lipinski definition) is 0. The summed E-state index contributed by atoms with van der Waals surface area (Å²) in [6.45, 7) is 6.55. The number of hydrogen-bond acceptors (Lipinski definition) is 6. The highest BCUT2D eigenvalue weighted by atomic mass is 16.6. The minimum atomic E-state index is -0.817. The van der Waals surface area contributed by atoms with Crippen LogP contribution in [0.15, 0.2) is 97.2 Å². The van der Waals surface area contributed by atoms with Gasteiger partial charge >= 0.3 is 17.9 Å². The van der Waals surface area contributed by atoms with Gasteiger partial charge in [-0.05, 0) is 122 Å². The van der Waals surface area contributed by atoms with Crippen molar-refractivity contribution in [3.05, 3.63) is 97.2 Å². The molecule has 0 saturated heterocycles. The van der Waals surface area contributed by atoms with Gasteiger partial charge in [-0.25, -0.2) is 0 Å². The van der Waals surface area contributed by atoms with Gasteiger partial charge < -0.3 is 14.2 Å². The molecule has 6 heteroatoms. The molecule has 0 N–H and O–H groups in total. The van der Waals surface area contributed by atoms with E-state index in [1.54, 1.807) is 0 Å². The van der Waals surface area contributed by atoms with Crippen LogP contribution in [0, 0.1) is 0 Å². The van der Waals surface area contributed by atoms with Crippen LogP contribution in [-0.2, 0) is 28.6 Å². The molecule has 0 bridgehead atoms. The molecule has 0 aromatic carbocycles. The van der Waals surface area contributed by atoms with E-state index in [4.69, 9.17) is 14.2 Å². The average molecular weight is 1040 g/mol. The number of unbranched alkanes of at least 4 members (excludes halogenated alkanes) is 30. The fourth-order valence-electron chi connectivity index (χ4n) is 8.73. The summed E-state index contributed by atoms with van der Waals surface area (Å²) in [7, 11) is 0. The summed E-state index contributed by atoms with van der Waals surface area (Å²) in [5.41, 5.74) is 0. The fraction of sp³-hybridized carbons (Fsp3) is 0.725. The molecule has 0 aliphatic carbocycles. The monoisotopic (exact) mass is 1040 g/mol. The smallest absolute Gasteiger partial charge is 0.306 e. The van der Waals surface area contributed by atoms with E-state index in [0.717, 1.165) is 83.5 Å². The van der Waals surface area contributed by atoms with Gasteiger partial charge in [-0.2, -0.15) is 0 Å². The van der Waals surface area contributed by atoms with E-state index < -0.39 is 6.10 Å². The quantitative estimate of drug-likeness (QED) is 0.0261. The van der Waals surface area contributed by atoms with E-state index in [1.807, 2.05) is 0 Å². The maximum absolute atomic E-state index is 12.9. The van der Waals surface area contributed by atoms with E-state index in [2.05, 4.69) is 118 Å². The molecule has 0 rings (SSSR count). The second-order valence-corrected chi connectivity index (χ2v) is 21.0. The Bertz CT molecular complexity index is 1480. The minimum absolute atomic E-state index is 0.106. The average Bonchev–Trinajstić information content (AvgIpc) is 3.41. The van der Waals surface area contributed by atoms with Crippen molar-refractivity contribution in [1.82, 2.24) is 0 Å². The Morgan fingerprint density at radius 2 is 0.493 bits per heavy atom. The number of carbonyl (C=O) groups excluding carboxylic acids is 3. The van der Waals surface area contributed by atoms with Crippen molar-refractivity contribution < 1.29 is 28.6 Å². The molecule has 0 unspecified atom stereocenters. The first-order chi connectivity index (χ1) is 37.0. The summed E-state index contributed by atoms with van der Waals surface area (Å²) in [5.74, 6) is -0.985. The van der Waals surface area contributed by atoms with Crippen LogP contribution in [0.2, 0.25) is 0 Å². The highest BCUT2D eigenvalue weighted by Gasteiger charge is 2.19. The standard InChI is InChI=1S/C69H118O6/c1-4-7-10-13-16-19-22-25-28-31-33-34-36-38-41-44-47-50-53-56-59-62-68(71)74-65-66(64-73-67(70)61-58-55-52-49-46-43-40-37-30-27-24-21-18-15-12-9-6-3)75-69(72)63-60-57-54-51-48-45-42-39-35-32-29-26-23-20-17-14-11-8-5-2/h17,20,25-30,35,39-40,43,45,48-49,52,66H,4-16,18-19,21-24,31-34,36-38,41-42,44,46-47,50-51,53-65H2,1-3H3/b20-17-,28-25-,29-26-,30-27-,39-35-,43-40-,48-45-,52-49-/t66-/m0/s1. The highest BCUT2D eigenvalue weighted by Crippen LogP contribution is 2.15. The van der Waals surface area contributed by atoms with Crippen LogP contribution in [0.1, 0.15) is 303 Å². The Morgan fingerprint density at radius 3 is 0.853 bits per heavy atom. The molecule has 75 heavy (non-hydrogen) atoms. The third-order valence-corrected chi connectivity index (χ3v) is 13.5. The molecule has 0 aliphatic heterocycles.